The predicted molar refractivity (Wildman–Crippen MR) is 99.3 cm³/mol. The van der Waals surface area contributed by atoms with Crippen LogP contribution in [0.5, 0.6) is 17.2 Å². The zero-order valence-electron chi connectivity index (χ0n) is 16.4. The van der Waals surface area contributed by atoms with Crippen LogP contribution in [0.3, 0.4) is 0 Å². The molecule has 8 nitrogen and oxygen atoms in total. The van der Waals surface area contributed by atoms with Crippen molar-refractivity contribution in [3.05, 3.63) is 18.0 Å². The predicted octanol–water partition coefficient (Wildman–Crippen LogP) is 2.76. The maximum absolute atomic E-state index is 5.79. The van der Waals surface area contributed by atoms with E-state index in [4.69, 9.17) is 23.5 Å². The number of likely N-dealkylation sites (N-methyl/N-ethyl adjacent to an activating group) is 1. The summed E-state index contributed by atoms with van der Waals surface area (Å²) in [6.07, 6.45) is 3.75. The van der Waals surface area contributed by atoms with Crippen LogP contribution in [0.15, 0.2) is 16.7 Å². The fourth-order valence-electron chi connectivity index (χ4n) is 3.30. The van der Waals surface area contributed by atoms with E-state index in [-0.39, 0.29) is 6.10 Å². The van der Waals surface area contributed by atoms with Gasteiger partial charge in [0.15, 0.2) is 11.5 Å². The Morgan fingerprint density at radius 1 is 1.11 bits per heavy atom. The van der Waals surface area contributed by atoms with Crippen molar-refractivity contribution in [3.63, 3.8) is 0 Å². The van der Waals surface area contributed by atoms with Gasteiger partial charge in [0, 0.05) is 13.2 Å². The Hall–Kier alpha value is -2.32. The van der Waals surface area contributed by atoms with Crippen LogP contribution < -0.4 is 14.2 Å². The number of rotatable bonds is 8. The van der Waals surface area contributed by atoms with E-state index in [0.717, 1.165) is 26.0 Å². The lowest BCUT2D eigenvalue weighted by Crippen LogP contribution is -2.33. The zero-order valence-corrected chi connectivity index (χ0v) is 16.4. The Balaban J connectivity index is 1.73. The number of nitrogens with zero attached hydrogens (tertiary/aromatic N) is 3. The number of hydrogen-bond acceptors (Lipinski definition) is 8. The highest BCUT2D eigenvalue weighted by Crippen LogP contribution is 2.43. The number of hydrogen-bond donors (Lipinski definition) is 0. The van der Waals surface area contributed by atoms with Gasteiger partial charge in [-0.3, -0.25) is 4.90 Å². The standard InChI is InChI=1S/C19H27N3O5/c1-22(11-13-7-5-6-10-26-13)12-16-20-19(21-27-16)14-8-9-15(23-2)18(25-4)17(14)24-3/h8-9,13H,5-7,10-12H2,1-4H3. The van der Waals surface area contributed by atoms with Crippen LogP contribution in [0.4, 0.5) is 0 Å². The summed E-state index contributed by atoms with van der Waals surface area (Å²) in [5.74, 6) is 2.57. The Bertz CT molecular complexity index is 743. The summed E-state index contributed by atoms with van der Waals surface area (Å²) in [4.78, 5) is 6.65. The summed E-state index contributed by atoms with van der Waals surface area (Å²) in [6, 6.07) is 3.62. The molecular formula is C19H27N3O5. The normalized spacial score (nSPS) is 17.1. The minimum atomic E-state index is 0.275. The third kappa shape index (κ3) is 4.51. The average molecular weight is 377 g/mol. The van der Waals surface area contributed by atoms with Crippen molar-refractivity contribution in [2.45, 2.75) is 31.9 Å². The quantitative estimate of drug-likeness (QED) is 0.695. The molecule has 3 rings (SSSR count). The lowest BCUT2D eigenvalue weighted by atomic mass is 10.1. The van der Waals surface area contributed by atoms with Gasteiger partial charge >= 0.3 is 0 Å². The molecule has 0 saturated carbocycles. The van der Waals surface area contributed by atoms with Gasteiger partial charge in [0.1, 0.15) is 0 Å². The molecule has 0 aliphatic carbocycles. The molecule has 2 heterocycles. The monoisotopic (exact) mass is 377 g/mol. The molecule has 0 bridgehead atoms. The second-order valence-electron chi connectivity index (χ2n) is 6.58. The molecule has 1 aromatic heterocycles. The second kappa shape index (κ2) is 9.05. The largest absolute Gasteiger partial charge is 0.493 e. The van der Waals surface area contributed by atoms with Gasteiger partial charge in [-0.15, -0.1) is 0 Å². The van der Waals surface area contributed by atoms with Crippen molar-refractivity contribution in [1.82, 2.24) is 15.0 Å². The van der Waals surface area contributed by atoms with Gasteiger partial charge in [-0.1, -0.05) is 5.16 Å². The van der Waals surface area contributed by atoms with Gasteiger partial charge in [-0.25, -0.2) is 0 Å². The van der Waals surface area contributed by atoms with E-state index < -0.39 is 0 Å². The van der Waals surface area contributed by atoms with Gasteiger partial charge in [-0.05, 0) is 38.4 Å². The molecule has 1 fully saturated rings. The van der Waals surface area contributed by atoms with E-state index in [0.29, 0.717) is 41.1 Å². The minimum Gasteiger partial charge on any atom is -0.493 e. The molecule has 1 aliphatic rings. The molecule has 1 saturated heterocycles. The van der Waals surface area contributed by atoms with Crippen molar-refractivity contribution in [3.8, 4) is 28.6 Å². The molecule has 1 unspecified atom stereocenters. The first-order valence-corrected chi connectivity index (χ1v) is 9.08. The second-order valence-corrected chi connectivity index (χ2v) is 6.58. The van der Waals surface area contributed by atoms with Gasteiger partial charge in [-0.2, -0.15) is 4.98 Å². The van der Waals surface area contributed by atoms with Crippen LogP contribution in [-0.2, 0) is 11.3 Å². The molecule has 0 radical (unpaired) electrons. The smallest absolute Gasteiger partial charge is 0.241 e. The van der Waals surface area contributed by atoms with Crippen LogP contribution >= 0.6 is 0 Å². The van der Waals surface area contributed by atoms with Crippen LogP contribution in [0.25, 0.3) is 11.4 Å². The van der Waals surface area contributed by atoms with Gasteiger partial charge in [0.2, 0.25) is 17.5 Å². The van der Waals surface area contributed by atoms with E-state index >= 15 is 0 Å². The lowest BCUT2D eigenvalue weighted by Gasteiger charge is -2.26. The maximum atomic E-state index is 5.79. The van der Waals surface area contributed by atoms with Crippen molar-refractivity contribution in [2.24, 2.45) is 0 Å². The highest BCUT2D eigenvalue weighted by Gasteiger charge is 2.22. The molecule has 27 heavy (non-hydrogen) atoms. The summed E-state index contributed by atoms with van der Waals surface area (Å²) >= 11 is 0. The van der Waals surface area contributed by atoms with Crippen LogP contribution in [0.1, 0.15) is 25.2 Å². The zero-order chi connectivity index (χ0) is 19.2. The first-order valence-electron chi connectivity index (χ1n) is 9.08. The molecule has 148 valence electrons. The van der Waals surface area contributed by atoms with E-state index in [1.807, 2.05) is 13.1 Å². The van der Waals surface area contributed by atoms with Crippen molar-refractivity contribution >= 4 is 0 Å². The molecule has 2 aromatic rings. The van der Waals surface area contributed by atoms with Crippen LogP contribution in [0, 0.1) is 0 Å². The first kappa shape index (κ1) is 19.4. The molecule has 0 amide bonds. The van der Waals surface area contributed by atoms with E-state index in [9.17, 15) is 0 Å². The fourth-order valence-corrected chi connectivity index (χ4v) is 3.30. The number of methoxy groups -OCH3 is 3. The van der Waals surface area contributed by atoms with Crippen LogP contribution in [-0.4, -0.2) is 62.7 Å². The first-order chi connectivity index (χ1) is 13.2. The van der Waals surface area contributed by atoms with Gasteiger partial charge in [0.05, 0.1) is 39.5 Å². The van der Waals surface area contributed by atoms with Crippen molar-refractivity contribution in [1.29, 1.82) is 0 Å². The van der Waals surface area contributed by atoms with E-state index in [1.54, 1.807) is 27.4 Å². The average Bonchev–Trinajstić information content (AvgIpc) is 3.15. The Morgan fingerprint density at radius 3 is 2.59 bits per heavy atom. The Morgan fingerprint density at radius 2 is 1.93 bits per heavy atom. The summed E-state index contributed by atoms with van der Waals surface area (Å²) in [5.41, 5.74) is 0.684. The summed E-state index contributed by atoms with van der Waals surface area (Å²) < 4.78 is 27.5. The summed E-state index contributed by atoms with van der Waals surface area (Å²) in [7, 11) is 6.74. The molecule has 1 aliphatic heterocycles. The maximum Gasteiger partial charge on any atom is 0.241 e. The molecule has 8 heteroatoms. The number of ether oxygens (including phenoxy) is 4. The van der Waals surface area contributed by atoms with Crippen molar-refractivity contribution in [2.75, 3.05) is 41.5 Å². The van der Waals surface area contributed by atoms with Crippen LogP contribution in [0.2, 0.25) is 0 Å². The Labute approximate surface area is 159 Å². The number of benzene rings is 1. The van der Waals surface area contributed by atoms with Gasteiger partial charge < -0.3 is 23.5 Å². The van der Waals surface area contributed by atoms with E-state index in [2.05, 4.69) is 15.0 Å². The molecule has 1 atom stereocenters. The molecule has 0 spiro atoms. The summed E-state index contributed by atoms with van der Waals surface area (Å²) in [5, 5.41) is 4.11. The topological polar surface area (TPSA) is 79.1 Å². The Kier molecular flexibility index (Phi) is 6.52. The fraction of sp³-hybridized carbons (Fsp3) is 0.579. The highest BCUT2D eigenvalue weighted by molar-refractivity contribution is 5.71. The lowest BCUT2D eigenvalue weighted by molar-refractivity contribution is -0.00382. The minimum absolute atomic E-state index is 0.275. The van der Waals surface area contributed by atoms with E-state index in [1.165, 1.54) is 6.42 Å². The van der Waals surface area contributed by atoms with Crippen molar-refractivity contribution < 1.29 is 23.5 Å². The van der Waals surface area contributed by atoms with Gasteiger partial charge in [0.25, 0.3) is 0 Å². The summed E-state index contributed by atoms with van der Waals surface area (Å²) in [6.45, 7) is 2.25. The molecule has 0 N–H and O–H groups in total. The highest BCUT2D eigenvalue weighted by atomic mass is 16.5. The third-order valence-electron chi connectivity index (χ3n) is 4.61. The molecular weight excluding hydrogens is 350 g/mol. The molecule has 1 aromatic carbocycles. The third-order valence-corrected chi connectivity index (χ3v) is 4.61. The SMILES string of the molecule is COc1ccc(-c2noc(CN(C)CC3CCCCO3)n2)c(OC)c1OC. The number of aromatic nitrogens is 2.